The van der Waals surface area contributed by atoms with Crippen LogP contribution < -0.4 is 10.6 Å². The largest absolute Gasteiger partial charge is 0.358 e. The van der Waals surface area contributed by atoms with Gasteiger partial charge < -0.3 is 10.6 Å². The van der Waals surface area contributed by atoms with Crippen LogP contribution >= 0.6 is 0 Å². The molecule has 1 aliphatic carbocycles. The topological polar surface area (TPSA) is 44.4 Å². The van der Waals surface area contributed by atoms with Crippen LogP contribution in [0.25, 0.3) is 0 Å². The van der Waals surface area contributed by atoms with Gasteiger partial charge in [0, 0.05) is 19.1 Å². The van der Waals surface area contributed by atoms with E-state index in [-0.39, 0.29) is 11.9 Å². The molecular formula is C15H29N3O. The van der Waals surface area contributed by atoms with Crippen molar-refractivity contribution in [2.45, 2.75) is 70.0 Å². The van der Waals surface area contributed by atoms with Gasteiger partial charge in [-0.1, -0.05) is 6.92 Å². The molecule has 4 heteroatoms. The molecule has 1 heterocycles. The van der Waals surface area contributed by atoms with Crippen molar-refractivity contribution in [1.29, 1.82) is 0 Å². The summed E-state index contributed by atoms with van der Waals surface area (Å²) >= 11 is 0. The molecule has 1 saturated carbocycles. The molecule has 0 aromatic carbocycles. The number of likely N-dealkylation sites (N-methyl/N-ethyl adjacent to an activating group) is 1. The molecule has 0 radical (unpaired) electrons. The van der Waals surface area contributed by atoms with Crippen molar-refractivity contribution in [3.8, 4) is 0 Å². The lowest BCUT2D eigenvalue weighted by Crippen LogP contribution is -2.49. The Bertz CT molecular complexity index is 287. The minimum absolute atomic E-state index is 0.134. The second-order valence-electron chi connectivity index (χ2n) is 5.97. The molecule has 0 bridgehead atoms. The van der Waals surface area contributed by atoms with Crippen LogP contribution in [0.2, 0.25) is 0 Å². The van der Waals surface area contributed by atoms with Crippen molar-refractivity contribution in [3.63, 3.8) is 0 Å². The van der Waals surface area contributed by atoms with Gasteiger partial charge in [0.2, 0.25) is 5.91 Å². The lowest BCUT2D eigenvalue weighted by molar-refractivity contribution is -0.125. The van der Waals surface area contributed by atoms with Crippen LogP contribution in [0.1, 0.15) is 51.9 Å². The zero-order valence-electron chi connectivity index (χ0n) is 12.5. The monoisotopic (exact) mass is 267 g/mol. The Kier molecular flexibility index (Phi) is 5.64. The van der Waals surface area contributed by atoms with Crippen LogP contribution in [0.15, 0.2) is 0 Å². The van der Waals surface area contributed by atoms with Crippen molar-refractivity contribution in [3.05, 3.63) is 0 Å². The zero-order chi connectivity index (χ0) is 13.7. The highest BCUT2D eigenvalue weighted by Crippen LogP contribution is 2.29. The summed E-state index contributed by atoms with van der Waals surface area (Å²) in [5.41, 5.74) is 0. The second kappa shape index (κ2) is 7.25. The van der Waals surface area contributed by atoms with Gasteiger partial charge in [0.15, 0.2) is 0 Å². The lowest BCUT2D eigenvalue weighted by Gasteiger charge is -2.37. The van der Waals surface area contributed by atoms with Crippen LogP contribution in [-0.2, 0) is 4.79 Å². The Morgan fingerprint density at radius 2 is 1.95 bits per heavy atom. The maximum absolute atomic E-state index is 11.9. The summed E-state index contributed by atoms with van der Waals surface area (Å²) in [5.74, 6) is 0.212. The highest BCUT2D eigenvalue weighted by atomic mass is 16.2. The number of amides is 1. The van der Waals surface area contributed by atoms with Gasteiger partial charge in [-0.25, -0.2) is 0 Å². The molecule has 0 spiro atoms. The van der Waals surface area contributed by atoms with Gasteiger partial charge in [-0.3, -0.25) is 9.69 Å². The number of hydrogen-bond acceptors (Lipinski definition) is 3. The van der Waals surface area contributed by atoms with Crippen LogP contribution in [0.4, 0.5) is 0 Å². The third-order valence-electron chi connectivity index (χ3n) is 4.69. The second-order valence-corrected chi connectivity index (χ2v) is 5.97. The molecule has 0 aromatic heterocycles. The van der Waals surface area contributed by atoms with Gasteiger partial charge >= 0.3 is 0 Å². The normalized spacial score (nSPS) is 32.4. The van der Waals surface area contributed by atoms with E-state index in [9.17, 15) is 4.79 Å². The highest BCUT2D eigenvalue weighted by molar-refractivity contribution is 5.81. The van der Waals surface area contributed by atoms with Gasteiger partial charge in [-0.15, -0.1) is 0 Å². The van der Waals surface area contributed by atoms with E-state index in [0.717, 1.165) is 19.5 Å². The molecule has 4 nitrogen and oxygen atoms in total. The smallest absolute Gasteiger partial charge is 0.237 e. The first-order valence-electron chi connectivity index (χ1n) is 7.97. The number of likely N-dealkylation sites (tertiary alicyclic amines) is 1. The molecule has 1 atom stereocenters. The summed E-state index contributed by atoms with van der Waals surface area (Å²) in [4.78, 5) is 14.4. The van der Waals surface area contributed by atoms with E-state index < -0.39 is 0 Å². The molecule has 1 aliphatic heterocycles. The van der Waals surface area contributed by atoms with E-state index in [4.69, 9.17) is 0 Å². The number of carbonyl (C=O) groups is 1. The molecule has 2 N–H and O–H groups in total. The fourth-order valence-electron chi connectivity index (χ4n) is 3.63. The summed E-state index contributed by atoms with van der Waals surface area (Å²) in [6.07, 6.45) is 8.44. The quantitative estimate of drug-likeness (QED) is 0.793. The first kappa shape index (κ1) is 14.8. The third-order valence-corrected chi connectivity index (χ3v) is 4.69. The highest BCUT2D eigenvalue weighted by Gasteiger charge is 2.36. The fraction of sp³-hybridized carbons (Fsp3) is 0.933. The predicted octanol–water partition coefficient (Wildman–Crippen LogP) is 1.51. The van der Waals surface area contributed by atoms with Crippen LogP contribution in [0.3, 0.4) is 0 Å². The molecule has 19 heavy (non-hydrogen) atoms. The Morgan fingerprint density at radius 1 is 1.21 bits per heavy atom. The first-order valence-corrected chi connectivity index (χ1v) is 7.97. The molecule has 2 aliphatic rings. The van der Waals surface area contributed by atoms with Crippen molar-refractivity contribution in [2.24, 2.45) is 0 Å². The average molecular weight is 267 g/mol. The predicted molar refractivity (Wildman–Crippen MR) is 78.1 cm³/mol. The molecule has 0 aromatic rings. The maximum atomic E-state index is 11.9. The number of nitrogens with one attached hydrogen (secondary N) is 2. The Hall–Kier alpha value is -0.610. The average Bonchev–Trinajstić information content (AvgIpc) is 2.94. The van der Waals surface area contributed by atoms with E-state index >= 15 is 0 Å². The van der Waals surface area contributed by atoms with Crippen molar-refractivity contribution >= 4 is 5.91 Å². The van der Waals surface area contributed by atoms with E-state index in [1.807, 2.05) is 0 Å². The fourth-order valence-corrected chi connectivity index (χ4v) is 3.63. The van der Waals surface area contributed by atoms with E-state index in [1.165, 1.54) is 38.5 Å². The van der Waals surface area contributed by atoms with Crippen LogP contribution in [-0.4, -0.2) is 49.1 Å². The van der Waals surface area contributed by atoms with Crippen LogP contribution in [0.5, 0.6) is 0 Å². The Labute approximate surface area is 117 Å². The van der Waals surface area contributed by atoms with Gasteiger partial charge in [0.05, 0.1) is 6.04 Å². The number of hydrogen-bond donors (Lipinski definition) is 2. The SMILES string of the molecule is CCCNC1CCC(N2CCCC2C(=O)NC)CC1. The van der Waals surface area contributed by atoms with Crippen molar-refractivity contribution in [1.82, 2.24) is 15.5 Å². The van der Waals surface area contributed by atoms with Gasteiger partial charge in [0.25, 0.3) is 0 Å². The molecular weight excluding hydrogens is 238 g/mol. The van der Waals surface area contributed by atoms with Crippen molar-refractivity contribution < 1.29 is 4.79 Å². The Morgan fingerprint density at radius 3 is 2.58 bits per heavy atom. The summed E-state index contributed by atoms with van der Waals surface area (Å²) in [6.45, 7) is 4.46. The maximum Gasteiger partial charge on any atom is 0.237 e. The minimum atomic E-state index is 0.134. The third kappa shape index (κ3) is 3.69. The number of nitrogens with zero attached hydrogens (tertiary/aromatic N) is 1. The van der Waals surface area contributed by atoms with Crippen molar-refractivity contribution in [2.75, 3.05) is 20.1 Å². The summed E-state index contributed by atoms with van der Waals surface area (Å²) < 4.78 is 0. The molecule has 1 amide bonds. The zero-order valence-corrected chi connectivity index (χ0v) is 12.5. The number of carbonyl (C=O) groups excluding carboxylic acids is 1. The number of rotatable bonds is 5. The van der Waals surface area contributed by atoms with E-state index in [0.29, 0.717) is 12.1 Å². The van der Waals surface area contributed by atoms with E-state index in [2.05, 4.69) is 22.5 Å². The van der Waals surface area contributed by atoms with Gasteiger partial charge in [-0.05, 0) is 58.0 Å². The van der Waals surface area contributed by atoms with Gasteiger partial charge in [-0.2, -0.15) is 0 Å². The first-order chi connectivity index (χ1) is 9.26. The van der Waals surface area contributed by atoms with Crippen LogP contribution in [0, 0.1) is 0 Å². The summed E-state index contributed by atoms with van der Waals surface area (Å²) in [5, 5.41) is 6.45. The summed E-state index contributed by atoms with van der Waals surface area (Å²) in [6, 6.07) is 1.47. The minimum Gasteiger partial charge on any atom is -0.358 e. The molecule has 2 rings (SSSR count). The summed E-state index contributed by atoms with van der Waals surface area (Å²) in [7, 11) is 1.75. The Balaban J connectivity index is 1.81. The molecule has 1 saturated heterocycles. The molecule has 110 valence electrons. The molecule has 1 unspecified atom stereocenters. The molecule has 2 fully saturated rings. The van der Waals surface area contributed by atoms with E-state index in [1.54, 1.807) is 7.05 Å². The lowest BCUT2D eigenvalue weighted by atomic mass is 9.89. The van der Waals surface area contributed by atoms with Gasteiger partial charge in [0.1, 0.15) is 0 Å². The standard InChI is InChI=1S/C15H29N3O/c1-3-10-17-12-6-8-13(9-7-12)18-11-4-5-14(18)15(19)16-2/h12-14,17H,3-11H2,1-2H3,(H,16,19).